The number of nitrogens with zero attached hydrogens (tertiary/aromatic N) is 1. The Kier molecular flexibility index (Phi) is 6.10. The van der Waals surface area contributed by atoms with Crippen LogP contribution in [0.3, 0.4) is 0 Å². The van der Waals surface area contributed by atoms with Crippen LogP contribution in [-0.2, 0) is 4.74 Å². The second kappa shape index (κ2) is 9.53. The van der Waals surface area contributed by atoms with Crippen LogP contribution in [0.4, 0.5) is 14.9 Å². The third kappa shape index (κ3) is 4.49. The molecule has 6 rings (SSSR count). The van der Waals surface area contributed by atoms with E-state index in [2.05, 4.69) is 15.2 Å². The highest BCUT2D eigenvalue weighted by Gasteiger charge is 2.28. The van der Waals surface area contributed by atoms with Gasteiger partial charge < -0.3 is 24.7 Å². The molecule has 3 aromatic rings. The maximum absolute atomic E-state index is 15.8. The van der Waals surface area contributed by atoms with Crippen LogP contribution < -0.4 is 15.4 Å². The number of aromatic nitrogens is 1. The zero-order valence-electron chi connectivity index (χ0n) is 19.9. The highest BCUT2D eigenvalue weighted by atomic mass is 19.1. The predicted octanol–water partition coefficient (Wildman–Crippen LogP) is 6.40. The number of hydrogen-bond donors (Lipinski definition) is 2. The van der Waals surface area contributed by atoms with Crippen LogP contribution in [0.5, 0.6) is 5.75 Å². The average molecular weight is 478 g/mol. The molecular weight excluding hydrogens is 445 g/mol. The number of urea groups is 1. The molecule has 1 aliphatic heterocycles. The molecule has 0 atom stereocenters. The van der Waals surface area contributed by atoms with E-state index in [1.165, 1.54) is 6.42 Å². The fourth-order valence-corrected chi connectivity index (χ4v) is 5.22. The monoisotopic (exact) mass is 477 g/mol. The zero-order chi connectivity index (χ0) is 23.8. The van der Waals surface area contributed by atoms with Crippen LogP contribution in [0, 0.1) is 5.82 Å². The van der Waals surface area contributed by atoms with Crippen molar-refractivity contribution in [2.24, 2.45) is 0 Å². The van der Waals surface area contributed by atoms with Crippen molar-refractivity contribution < 1.29 is 18.7 Å². The predicted molar refractivity (Wildman–Crippen MR) is 134 cm³/mol. The summed E-state index contributed by atoms with van der Waals surface area (Å²) in [7, 11) is 0. The van der Waals surface area contributed by atoms with Crippen LogP contribution in [0.25, 0.3) is 22.2 Å². The van der Waals surface area contributed by atoms with Crippen molar-refractivity contribution in [3.8, 4) is 17.0 Å². The topological polar surface area (TPSA) is 64.5 Å². The van der Waals surface area contributed by atoms with Gasteiger partial charge in [0.1, 0.15) is 11.9 Å². The number of hydrogen-bond acceptors (Lipinski definition) is 3. The lowest BCUT2D eigenvalue weighted by Crippen LogP contribution is -2.41. The van der Waals surface area contributed by atoms with Crippen LogP contribution in [0.1, 0.15) is 57.4 Å². The van der Waals surface area contributed by atoms with Crippen LogP contribution >= 0.6 is 0 Å². The number of benzene rings is 2. The van der Waals surface area contributed by atoms with Crippen molar-refractivity contribution in [2.45, 2.75) is 69.6 Å². The summed E-state index contributed by atoms with van der Waals surface area (Å²) in [6, 6.07) is 13.6. The maximum Gasteiger partial charge on any atom is 0.319 e. The molecule has 2 aromatic carbocycles. The van der Waals surface area contributed by atoms with Crippen molar-refractivity contribution in [1.29, 1.82) is 0 Å². The Bertz CT molecular complexity index is 1210. The minimum Gasteiger partial charge on any atom is -0.490 e. The van der Waals surface area contributed by atoms with Crippen LogP contribution in [-0.4, -0.2) is 36.0 Å². The van der Waals surface area contributed by atoms with E-state index in [0.717, 1.165) is 75.0 Å². The molecule has 0 bridgehead atoms. The van der Waals surface area contributed by atoms with Gasteiger partial charge in [0, 0.05) is 47.6 Å². The Balaban J connectivity index is 1.29. The molecule has 1 saturated heterocycles. The van der Waals surface area contributed by atoms with E-state index in [1.54, 1.807) is 0 Å². The molecular formula is C28H32FN3O3. The summed E-state index contributed by atoms with van der Waals surface area (Å²) < 4.78 is 29.7. The highest BCUT2D eigenvalue weighted by molar-refractivity contribution is 5.91. The first kappa shape index (κ1) is 22.4. The van der Waals surface area contributed by atoms with Crippen molar-refractivity contribution in [3.05, 3.63) is 48.3 Å². The summed E-state index contributed by atoms with van der Waals surface area (Å²) in [5, 5.41) is 6.49. The third-order valence-electron chi connectivity index (χ3n) is 7.68. The average Bonchev–Trinajstić information content (AvgIpc) is 3.08. The maximum atomic E-state index is 15.8. The Morgan fingerprint density at radius 2 is 1.71 bits per heavy atom. The van der Waals surface area contributed by atoms with Gasteiger partial charge in [-0.3, -0.25) is 0 Å². The Labute approximate surface area is 204 Å². The van der Waals surface area contributed by atoms with E-state index in [9.17, 15) is 4.79 Å². The molecule has 2 N–H and O–H groups in total. The Morgan fingerprint density at radius 1 is 0.971 bits per heavy atom. The van der Waals surface area contributed by atoms with Gasteiger partial charge in [-0.2, -0.15) is 0 Å². The minimum absolute atomic E-state index is 0.138. The van der Waals surface area contributed by atoms with Gasteiger partial charge in [-0.05, 0) is 62.8 Å². The zero-order valence-corrected chi connectivity index (χ0v) is 19.9. The van der Waals surface area contributed by atoms with E-state index in [-0.39, 0.29) is 30.0 Å². The number of halogens is 1. The number of carbonyl (C=O) groups excluding carboxylic acids is 1. The molecule has 3 aliphatic rings. The lowest BCUT2D eigenvalue weighted by molar-refractivity contribution is 0.0256. The molecule has 2 amide bonds. The largest absolute Gasteiger partial charge is 0.490 e. The normalized spacial score (nSPS) is 19.2. The molecule has 7 heteroatoms. The number of amides is 2. The van der Waals surface area contributed by atoms with E-state index < -0.39 is 0 Å². The first-order valence-electron chi connectivity index (χ1n) is 12.9. The minimum atomic E-state index is -0.201. The number of fused-ring (bicyclic) bond motifs is 1. The summed E-state index contributed by atoms with van der Waals surface area (Å²) in [4.78, 5) is 12.2. The Hall–Kier alpha value is -3.06. The lowest BCUT2D eigenvalue weighted by Gasteiger charge is -2.30. The lowest BCUT2D eigenvalue weighted by atomic mass is 9.92. The molecule has 0 unspecified atom stereocenters. The third-order valence-corrected chi connectivity index (χ3v) is 7.68. The van der Waals surface area contributed by atoms with E-state index >= 15 is 4.39 Å². The van der Waals surface area contributed by atoms with E-state index in [1.807, 2.05) is 42.5 Å². The number of rotatable bonds is 6. The second-order valence-electron chi connectivity index (χ2n) is 10.0. The number of nitrogens with one attached hydrogen (secondary N) is 2. The van der Waals surface area contributed by atoms with E-state index in [4.69, 9.17) is 9.47 Å². The summed E-state index contributed by atoms with van der Waals surface area (Å²) in [6.45, 7) is 1.44. The van der Waals surface area contributed by atoms with Crippen molar-refractivity contribution in [1.82, 2.24) is 9.88 Å². The fraction of sp³-hybridized carbons (Fsp3) is 0.464. The van der Waals surface area contributed by atoms with Gasteiger partial charge in [-0.25, -0.2) is 9.18 Å². The van der Waals surface area contributed by atoms with Gasteiger partial charge >= 0.3 is 6.03 Å². The Morgan fingerprint density at radius 3 is 2.37 bits per heavy atom. The van der Waals surface area contributed by atoms with Gasteiger partial charge in [0.15, 0.2) is 5.82 Å². The summed E-state index contributed by atoms with van der Waals surface area (Å²) in [5.74, 6) is 0.582. The van der Waals surface area contributed by atoms with Gasteiger partial charge in [-0.1, -0.05) is 12.1 Å². The molecule has 3 fully saturated rings. The van der Waals surface area contributed by atoms with Crippen molar-refractivity contribution in [2.75, 3.05) is 18.5 Å². The summed E-state index contributed by atoms with van der Waals surface area (Å²) >= 11 is 0. The first-order valence-corrected chi connectivity index (χ1v) is 12.9. The first-order chi connectivity index (χ1) is 17.2. The van der Waals surface area contributed by atoms with Gasteiger partial charge in [0.2, 0.25) is 0 Å². The van der Waals surface area contributed by atoms with Crippen LogP contribution in [0.2, 0.25) is 0 Å². The molecule has 2 heterocycles. The number of ether oxygens (including phenoxy) is 2. The number of carbonyl (C=O) groups is 1. The molecule has 6 nitrogen and oxygen atoms in total. The molecule has 2 aliphatic carbocycles. The SMILES string of the molecule is O=C(Nc1ccc(-c2c(F)c3ccc(OC4CCOCC4)cc3n2C2CCC2)cc1)NC1CCC1. The summed E-state index contributed by atoms with van der Waals surface area (Å²) in [5.41, 5.74) is 3.00. The molecule has 0 spiro atoms. The molecule has 35 heavy (non-hydrogen) atoms. The van der Waals surface area contributed by atoms with Crippen molar-refractivity contribution >= 4 is 22.6 Å². The standard InChI is InChI=1S/C28H32FN3O3/c29-26-24-12-11-23(35-22-13-15-34-16-14-22)17-25(24)32(21-5-2-6-21)27(26)18-7-9-20(10-8-18)31-28(33)30-19-3-1-4-19/h7-12,17,19,21-22H,1-6,13-16H2,(H2,30,31,33). The van der Waals surface area contributed by atoms with E-state index in [0.29, 0.717) is 16.8 Å². The van der Waals surface area contributed by atoms with Crippen LogP contribution in [0.15, 0.2) is 42.5 Å². The highest BCUT2D eigenvalue weighted by Crippen LogP contribution is 2.43. The smallest absolute Gasteiger partial charge is 0.319 e. The molecule has 2 saturated carbocycles. The second-order valence-corrected chi connectivity index (χ2v) is 10.0. The van der Waals surface area contributed by atoms with Crippen molar-refractivity contribution in [3.63, 3.8) is 0 Å². The molecule has 1 aromatic heterocycles. The van der Waals surface area contributed by atoms with Gasteiger partial charge in [0.25, 0.3) is 0 Å². The summed E-state index contributed by atoms with van der Waals surface area (Å²) in [6.07, 6.45) is 8.38. The molecule has 184 valence electrons. The van der Waals surface area contributed by atoms with Gasteiger partial charge in [0.05, 0.1) is 24.4 Å². The molecule has 0 radical (unpaired) electrons. The number of anilines is 1. The fourth-order valence-electron chi connectivity index (χ4n) is 5.22. The quantitative estimate of drug-likeness (QED) is 0.432. The van der Waals surface area contributed by atoms with Gasteiger partial charge in [-0.15, -0.1) is 0 Å².